The highest BCUT2D eigenvalue weighted by atomic mass is 32.2. The molecule has 4 aromatic rings. The first-order chi connectivity index (χ1) is 16.2. The van der Waals surface area contributed by atoms with Crippen molar-refractivity contribution in [3.05, 3.63) is 83.7 Å². The third kappa shape index (κ3) is 4.11. The van der Waals surface area contributed by atoms with Crippen LogP contribution in [0.15, 0.2) is 60.7 Å². The highest BCUT2D eigenvalue weighted by Crippen LogP contribution is 2.34. The summed E-state index contributed by atoms with van der Waals surface area (Å²) in [5, 5.41) is 4.84. The number of carbonyl (C=O) groups is 1. The zero-order valence-corrected chi connectivity index (χ0v) is 18.7. The van der Waals surface area contributed by atoms with Gasteiger partial charge < -0.3 is 0 Å². The van der Waals surface area contributed by atoms with Crippen LogP contribution in [0, 0.1) is 23.4 Å². The molecule has 0 radical (unpaired) electrons. The molecule has 5 nitrogen and oxygen atoms in total. The maximum Gasteiger partial charge on any atom is 0.163 e. The molecule has 1 unspecified atom stereocenters. The van der Waals surface area contributed by atoms with E-state index in [0.29, 0.717) is 28.6 Å². The van der Waals surface area contributed by atoms with Crippen LogP contribution >= 0.6 is 0 Å². The van der Waals surface area contributed by atoms with Gasteiger partial charge in [-0.1, -0.05) is 12.1 Å². The van der Waals surface area contributed by atoms with Gasteiger partial charge in [-0.15, -0.1) is 0 Å². The van der Waals surface area contributed by atoms with E-state index in [9.17, 15) is 26.4 Å². The van der Waals surface area contributed by atoms with Gasteiger partial charge >= 0.3 is 0 Å². The quantitative estimate of drug-likeness (QED) is 0.369. The summed E-state index contributed by atoms with van der Waals surface area (Å²) in [6, 6.07) is 13.6. The van der Waals surface area contributed by atoms with Crippen LogP contribution < -0.4 is 0 Å². The molecule has 1 saturated heterocycles. The Bertz CT molecular complexity index is 1510. The molecule has 9 heteroatoms. The number of halogens is 3. The number of hydrogen-bond donors (Lipinski definition) is 0. The van der Waals surface area contributed by atoms with E-state index in [2.05, 4.69) is 5.10 Å². The summed E-state index contributed by atoms with van der Waals surface area (Å²) in [5.41, 5.74) is 0.940. The lowest BCUT2D eigenvalue weighted by Crippen LogP contribution is -2.11. The van der Waals surface area contributed by atoms with E-state index >= 15 is 0 Å². The molecular formula is C25H19F3N2O3S. The van der Waals surface area contributed by atoms with E-state index < -0.39 is 27.3 Å². The van der Waals surface area contributed by atoms with E-state index in [4.69, 9.17) is 0 Å². The largest absolute Gasteiger partial charge is 0.294 e. The SMILES string of the molecule is O=C(CC1CCS(=O)(=O)C1)c1ccc2c(-c3c(F)cccc3F)nn(-c3ccc(F)cc3)c2c1. The topological polar surface area (TPSA) is 69.0 Å². The average Bonchev–Trinajstić information content (AvgIpc) is 3.33. The Kier molecular flexibility index (Phi) is 5.51. The standard InChI is InChI=1S/C25H19F3N2O3S/c26-17-5-7-18(8-6-17)30-22-13-16(23(31)12-15-10-11-34(32,33)14-15)4-9-19(22)25(29-30)24-20(27)2-1-3-21(24)28/h1-9,13,15H,10-12,14H2. The summed E-state index contributed by atoms with van der Waals surface area (Å²) >= 11 is 0. The van der Waals surface area contributed by atoms with Crippen molar-refractivity contribution < 1.29 is 26.4 Å². The lowest BCUT2D eigenvalue weighted by Gasteiger charge is -2.08. The predicted molar refractivity (Wildman–Crippen MR) is 122 cm³/mol. The Morgan fingerprint density at radius 2 is 1.71 bits per heavy atom. The van der Waals surface area contributed by atoms with Crippen molar-refractivity contribution in [2.24, 2.45) is 5.92 Å². The fourth-order valence-corrected chi connectivity index (χ4v) is 6.25. The molecule has 0 bridgehead atoms. The summed E-state index contributed by atoms with van der Waals surface area (Å²) < 4.78 is 67.6. The Hall–Kier alpha value is -3.46. The smallest absolute Gasteiger partial charge is 0.163 e. The van der Waals surface area contributed by atoms with E-state index in [0.717, 1.165) is 12.1 Å². The number of sulfone groups is 1. The van der Waals surface area contributed by atoms with E-state index in [1.165, 1.54) is 35.0 Å². The van der Waals surface area contributed by atoms with Crippen molar-refractivity contribution >= 4 is 26.5 Å². The van der Waals surface area contributed by atoms with Gasteiger partial charge in [-0.25, -0.2) is 26.3 Å². The minimum atomic E-state index is -3.11. The molecule has 2 heterocycles. The van der Waals surface area contributed by atoms with Crippen LogP contribution in [0.25, 0.3) is 27.8 Å². The van der Waals surface area contributed by atoms with Crippen molar-refractivity contribution in [2.45, 2.75) is 12.8 Å². The molecule has 5 rings (SSSR count). The molecule has 0 amide bonds. The van der Waals surface area contributed by atoms with E-state index in [1.54, 1.807) is 18.2 Å². The third-order valence-corrected chi connectivity index (χ3v) is 7.91. The Balaban J connectivity index is 1.63. The van der Waals surface area contributed by atoms with Crippen molar-refractivity contribution in [3.63, 3.8) is 0 Å². The number of ketones is 1. The number of aromatic nitrogens is 2. The lowest BCUT2D eigenvalue weighted by atomic mass is 9.96. The van der Waals surface area contributed by atoms with Crippen molar-refractivity contribution in [1.29, 1.82) is 0 Å². The van der Waals surface area contributed by atoms with Gasteiger partial charge in [0.25, 0.3) is 0 Å². The molecule has 0 spiro atoms. The molecule has 1 atom stereocenters. The number of hydrogen-bond acceptors (Lipinski definition) is 4. The predicted octanol–water partition coefficient (Wildman–Crippen LogP) is 5.12. The Morgan fingerprint density at radius 3 is 2.35 bits per heavy atom. The van der Waals surface area contributed by atoms with Crippen molar-refractivity contribution in [1.82, 2.24) is 9.78 Å². The van der Waals surface area contributed by atoms with Gasteiger partial charge in [0.15, 0.2) is 15.6 Å². The Morgan fingerprint density at radius 1 is 1.00 bits per heavy atom. The fraction of sp³-hybridized carbons (Fsp3) is 0.200. The second kappa shape index (κ2) is 8.39. The molecule has 0 N–H and O–H groups in total. The number of Topliss-reactive ketones (excluding diaryl/α,β-unsaturated/α-hetero) is 1. The maximum absolute atomic E-state index is 14.6. The van der Waals surface area contributed by atoms with Gasteiger partial charge in [-0.2, -0.15) is 5.10 Å². The molecule has 1 aliphatic rings. The summed E-state index contributed by atoms with van der Waals surface area (Å²) in [4.78, 5) is 12.9. The molecule has 1 aliphatic heterocycles. The van der Waals surface area contributed by atoms with Gasteiger partial charge in [0, 0.05) is 17.4 Å². The molecule has 0 aliphatic carbocycles. The third-order valence-electron chi connectivity index (χ3n) is 6.07. The number of benzene rings is 3. The van der Waals surface area contributed by atoms with Crippen LogP contribution in [-0.2, 0) is 9.84 Å². The molecule has 3 aromatic carbocycles. The van der Waals surface area contributed by atoms with E-state index in [-0.39, 0.29) is 40.9 Å². The molecule has 1 aromatic heterocycles. The first-order valence-electron chi connectivity index (χ1n) is 10.7. The number of rotatable bonds is 5. The zero-order valence-electron chi connectivity index (χ0n) is 17.8. The number of nitrogens with zero attached hydrogens (tertiary/aromatic N) is 2. The minimum absolute atomic E-state index is 0.00872. The van der Waals surface area contributed by atoms with Crippen LogP contribution in [0.2, 0.25) is 0 Å². The summed E-state index contributed by atoms with van der Waals surface area (Å²) in [5.74, 6) is -2.42. The normalized spacial score (nSPS) is 17.3. The first-order valence-corrected chi connectivity index (χ1v) is 12.5. The minimum Gasteiger partial charge on any atom is -0.294 e. The summed E-state index contributed by atoms with van der Waals surface area (Å²) in [7, 11) is -3.11. The number of carbonyl (C=O) groups excluding carboxylic acids is 1. The van der Waals surface area contributed by atoms with Gasteiger partial charge in [-0.05, 0) is 60.9 Å². The van der Waals surface area contributed by atoms with Crippen LogP contribution in [0.1, 0.15) is 23.2 Å². The fourth-order valence-electron chi connectivity index (χ4n) is 4.39. The number of fused-ring (bicyclic) bond motifs is 1. The van der Waals surface area contributed by atoms with Gasteiger partial charge in [0.05, 0.1) is 28.3 Å². The highest BCUT2D eigenvalue weighted by Gasteiger charge is 2.30. The van der Waals surface area contributed by atoms with Gasteiger partial charge in [0.1, 0.15) is 23.1 Å². The van der Waals surface area contributed by atoms with Crippen molar-refractivity contribution in [2.75, 3.05) is 11.5 Å². The molecule has 34 heavy (non-hydrogen) atoms. The zero-order chi connectivity index (χ0) is 24.0. The highest BCUT2D eigenvalue weighted by molar-refractivity contribution is 7.91. The Labute approximate surface area is 193 Å². The maximum atomic E-state index is 14.6. The van der Waals surface area contributed by atoms with Crippen molar-refractivity contribution in [3.8, 4) is 16.9 Å². The van der Waals surface area contributed by atoms with Crippen LogP contribution in [0.4, 0.5) is 13.2 Å². The summed E-state index contributed by atoms with van der Waals surface area (Å²) in [6.45, 7) is 0. The second-order valence-corrected chi connectivity index (χ2v) is 10.7. The van der Waals surface area contributed by atoms with Gasteiger partial charge in [0.2, 0.25) is 0 Å². The lowest BCUT2D eigenvalue weighted by molar-refractivity contribution is 0.0966. The molecule has 174 valence electrons. The van der Waals surface area contributed by atoms with Crippen LogP contribution in [0.5, 0.6) is 0 Å². The molecular weight excluding hydrogens is 465 g/mol. The first kappa shape index (κ1) is 22.3. The van der Waals surface area contributed by atoms with Crippen LogP contribution in [-0.4, -0.2) is 35.5 Å². The van der Waals surface area contributed by atoms with Crippen LogP contribution in [0.3, 0.4) is 0 Å². The summed E-state index contributed by atoms with van der Waals surface area (Å²) in [6.07, 6.45) is 0.532. The van der Waals surface area contributed by atoms with E-state index in [1.807, 2.05) is 0 Å². The second-order valence-electron chi connectivity index (χ2n) is 8.46. The molecule has 1 fully saturated rings. The average molecular weight is 484 g/mol. The van der Waals surface area contributed by atoms with Gasteiger partial charge in [-0.3, -0.25) is 4.79 Å². The molecule has 0 saturated carbocycles. The monoisotopic (exact) mass is 484 g/mol.